The van der Waals surface area contributed by atoms with E-state index in [-0.39, 0.29) is 11.5 Å². The number of halogens is 1. The van der Waals surface area contributed by atoms with E-state index in [0.29, 0.717) is 5.56 Å². The van der Waals surface area contributed by atoms with Crippen LogP contribution >= 0.6 is 15.9 Å². The molecule has 2 aromatic carbocycles. The van der Waals surface area contributed by atoms with Gasteiger partial charge < -0.3 is 10.2 Å². The first kappa shape index (κ1) is 10.1. The standard InChI is InChI=1S/C12H9BrO2/c13-11-4-2-1-3-9(11)10-7-8(14)5-6-12(10)15/h1-7,14-15H. The minimum Gasteiger partial charge on any atom is -0.508 e. The maximum atomic E-state index is 9.68. The molecule has 0 aliphatic carbocycles. The van der Waals surface area contributed by atoms with Gasteiger partial charge in [0.25, 0.3) is 0 Å². The number of benzene rings is 2. The minimum absolute atomic E-state index is 0.138. The highest BCUT2D eigenvalue weighted by Crippen LogP contribution is 2.36. The highest BCUT2D eigenvalue weighted by atomic mass is 79.9. The van der Waals surface area contributed by atoms with Gasteiger partial charge in [-0.15, -0.1) is 0 Å². The van der Waals surface area contributed by atoms with Gasteiger partial charge in [0, 0.05) is 10.0 Å². The topological polar surface area (TPSA) is 40.5 Å². The van der Waals surface area contributed by atoms with Crippen LogP contribution in [0.1, 0.15) is 0 Å². The number of hydrogen-bond acceptors (Lipinski definition) is 2. The van der Waals surface area contributed by atoms with Crippen LogP contribution in [-0.4, -0.2) is 10.2 Å². The molecule has 76 valence electrons. The Balaban J connectivity index is 2.64. The lowest BCUT2D eigenvalue weighted by Crippen LogP contribution is -1.80. The third kappa shape index (κ3) is 1.97. The van der Waals surface area contributed by atoms with Crippen LogP contribution in [0, 0.1) is 0 Å². The first-order valence-electron chi connectivity index (χ1n) is 4.45. The van der Waals surface area contributed by atoms with E-state index in [0.717, 1.165) is 10.0 Å². The van der Waals surface area contributed by atoms with Crippen LogP contribution in [0.25, 0.3) is 11.1 Å². The lowest BCUT2D eigenvalue weighted by atomic mass is 10.0. The predicted molar refractivity (Wildman–Crippen MR) is 62.9 cm³/mol. The summed E-state index contributed by atoms with van der Waals surface area (Å²) in [6.45, 7) is 0. The molecule has 0 aromatic heterocycles. The number of rotatable bonds is 1. The van der Waals surface area contributed by atoms with Gasteiger partial charge in [-0.2, -0.15) is 0 Å². The van der Waals surface area contributed by atoms with Gasteiger partial charge in [-0.05, 0) is 29.8 Å². The molecule has 2 N–H and O–H groups in total. The average molecular weight is 265 g/mol. The molecule has 0 unspecified atom stereocenters. The Hall–Kier alpha value is -1.48. The zero-order valence-electron chi connectivity index (χ0n) is 7.81. The minimum atomic E-state index is 0.138. The monoisotopic (exact) mass is 264 g/mol. The Bertz CT molecular complexity index is 495. The van der Waals surface area contributed by atoms with Gasteiger partial charge in [0.05, 0.1) is 0 Å². The average Bonchev–Trinajstić information content (AvgIpc) is 2.23. The summed E-state index contributed by atoms with van der Waals surface area (Å²) in [4.78, 5) is 0. The number of aromatic hydroxyl groups is 2. The molecule has 0 bridgehead atoms. The van der Waals surface area contributed by atoms with Gasteiger partial charge in [0.2, 0.25) is 0 Å². The van der Waals surface area contributed by atoms with Crippen molar-refractivity contribution in [2.75, 3.05) is 0 Å². The first-order chi connectivity index (χ1) is 7.18. The van der Waals surface area contributed by atoms with Gasteiger partial charge in [0.1, 0.15) is 11.5 Å². The summed E-state index contributed by atoms with van der Waals surface area (Å²) in [7, 11) is 0. The molecule has 2 rings (SSSR count). The van der Waals surface area contributed by atoms with Crippen LogP contribution in [0.4, 0.5) is 0 Å². The van der Waals surface area contributed by atoms with Gasteiger partial charge >= 0.3 is 0 Å². The molecule has 0 fully saturated rings. The van der Waals surface area contributed by atoms with Crippen molar-refractivity contribution in [2.24, 2.45) is 0 Å². The highest BCUT2D eigenvalue weighted by Gasteiger charge is 2.07. The lowest BCUT2D eigenvalue weighted by molar-refractivity contribution is 0.462. The largest absolute Gasteiger partial charge is 0.508 e. The fourth-order valence-electron chi connectivity index (χ4n) is 1.42. The van der Waals surface area contributed by atoms with E-state index in [4.69, 9.17) is 0 Å². The zero-order valence-corrected chi connectivity index (χ0v) is 9.40. The molecule has 0 heterocycles. The van der Waals surface area contributed by atoms with Crippen LogP contribution in [-0.2, 0) is 0 Å². The molecule has 3 heteroatoms. The lowest BCUT2D eigenvalue weighted by Gasteiger charge is -2.07. The van der Waals surface area contributed by atoms with Crippen LogP contribution in [0.15, 0.2) is 46.9 Å². The second-order valence-electron chi connectivity index (χ2n) is 3.18. The smallest absolute Gasteiger partial charge is 0.123 e. The number of hydrogen-bond donors (Lipinski definition) is 2. The summed E-state index contributed by atoms with van der Waals surface area (Å²) in [6, 6.07) is 12.0. The van der Waals surface area contributed by atoms with E-state index in [2.05, 4.69) is 15.9 Å². The van der Waals surface area contributed by atoms with Crippen molar-refractivity contribution >= 4 is 15.9 Å². The van der Waals surface area contributed by atoms with Crippen molar-refractivity contribution in [3.05, 3.63) is 46.9 Å². The fourth-order valence-corrected chi connectivity index (χ4v) is 1.92. The Morgan fingerprint density at radius 3 is 2.33 bits per heavy atom. The van der Waals surface area contributed by atoms with E-state index in [1.165, 1.54) is 18.2 Å². The van der Waals surface area contributed by atoms with Crippen molar-refractivity contribution < 1.29 is 10.2 Å². The Labute approximate surface area is 95.9 Å². The van der Waals surface area contributed by atoms with E-state index in [9.17, 15) is 10.2 Å². The molecule has 0 spiro atoms. The molecule has 0 aliphatic rings. The highest BCUT2D eigenvalue weighted by molar-refractivity contribution is 9.10. The van der Waals surface area contributed by atoms with Gasteiger partial charge in [0.15, 0.2) is 0 Å². The summed E-state index contributed by atoms with van der Waals surface area (Å²) in [6.07, 6.45) is 0. The van der Waals surface area contributed by atoms with Gasteiger partial charge in [-0.3, -0.25) is 0 Å². The normalized spacial score (nSPS) is 10.2. The summed E-state index contributed by atoms with van der Waals surface area (Å²) >= 11 is 3.40. The molecule has 0 saturated heterocycles. The summed E-state index contributed by atoms with van der Waals surface area (Å²) < 4.78 is 0.880. The molecule has 2 aromatic rings. The van der Waals surface area contributed by atoms with E-state index in [1.807, 2.05) is 24.3 Å². The molecule has 0 atom stereocenters. The predicted octanol–water partition coefficient (Wildman–Crippen LogP) is 3.53. The third-order valence-corrected chi connectivity index (χ3v) is 2.84. The molecule has 0 amide bonds. The molecular weight excluding hydrogens is 256 g/mol. The quantitative estimate of drug-likeness (QED) is 0.774. The molecule has 0 aliphatic heterocycles. The summed E-state index contributed by atoms with van der Waals surface area (Å²) in [5.74, 6) is 0.290. The van der Waals surface area contributed by atoms with Crippen LogP contribution in [0.3, 0.4) is 0 Å². The third-order valence-electron chi connectivity index (χ3n) is 2.14. The van der Waals surface area contributed by atoms with Crippen molar-refractivity contribution in [3.63, 3.8) is 0 Å². The maximum absolute atomic E-state index is 9.68. The van der Waals surface area contributed by atoms with Crippen LogP contribution in [0.2, 0.25) is 0 Å². The molecule has 0 radical (unpaired) electrons. The second-order valence-corrected chi connectivity index (χ2v) is 4.04. The SMILES string of the molecule is Oc1ccc(O)c(-c2ccccc2Br)c1. The maximum Gasteiger partial charge on any atom is 0.123 e. The van der Waals surface area contributed by atoms with Crippen molar-refractivity contribution in [2.45, 2.75) is 0 Å². The van der Waals surface area contributed by atoms with E-state index >= 15 is 0 Å². The molecule has 15 heavy (non-hydrogen) atoms. The van der Waals surface area contributed by atoms with Gasteiger partial charge in [-0.1, -0.05) is 34.1 Å². The Morgan fingerprint density at radius 1 is 0.867 bits per heavy atom. The second kappa shape index (κ2) is 3.95. The van der Waals surface area contributed by atoms with Crippen molar-refractivity contribution in [1.82, 2.24) is 0 Å². The number of phenolic OH excluding ortho intramolecular Hbond substituents is 2. The van der Waals surface area contributed by atoms with Crippen molar-refractivity contribution in [1.29, 1.82) is 0 Å². The summed E-state index contributed by atoms with van der Waals surface area (Å²) in [5.41, 5.74) is 1.47. The van der Waals surface area contributed by atoms with E-state index < -0.39 is 0 Å². The van der Waals surface area contributed by atoms with E-state index in [1.54, 1.807) is 0 Å². The van der Waals surface area contributed by atoms with Gasteiger partial charge in [-0.25, -0.2) is 0 Å². The zero-order chi connectivity index (χ0) is 10.8. The molecular formula is C12H9BrO2. The molecule has 0 saturated carbocycles. The van der Waals surface area contributed by atoms with Crippen LogP contribution < -0.4 is 0 Å². The van der Waals surface area contributed by atoms with Crippen LogP contribution in [0.5, 0.6) is 11.5 Å². The summed E-state index contributed by atoms with van der Waals surface area (Å²) in [5, 5.41) is 19.0. The number of phenols is 2. The Morgan fingerprint density at radius 2 is 1.60 bits per heavy atom. The molecule has 2 nitrogen and oxygen atoms in total. The Kier molecular flexibility index (Phi) is 2.64. The van der Waals surface area contributed by atoms with Crippen molar-refractivity contribution in [3.8, 4) is 22.6 Å². The fraction of sp³-hybridized carbons (Fsp3) is 0. The first-order valence-corrected chi connectivity index (χ1v) is 5.24.